The Hall–Kier alpha value is -0.550. The molecule has 0 fully saturated rings. The minimum absolute atomic E-state index is 0.0172. The van der Waals surface area contributed by atoms with Crippen molar-refractivity contribution in [2.45, 2.75) is 32.9 Å². The topological polar surface area (TPSA) is 56.7 Å². The summed E-state index contributed by atoms with van der Waals surface area (Å²) in [5.41, 5.74) is 6.03. The number of hydrogen-bond donors (Lipinski definition) is 1. The van der Waals surface area contributed by atoms with Gasteiger partial charge in [0.1, 0.15) is 11.6 Å². The van der Waals surface area contributed by atoms with Crippen molar-refractivity contribution in [3.63, 3.8) is 0 Å². The molecule has 0 aromatic carbocycles. The summed E-state index contributed by atoms with van der Waals surface area (Å²) in [5.74, 6) is 2.93. The van der Waals surface area contributed by atoms with Crippen LogP contribution in [0.25, 0.3) is 0 Å². The molecule has 1 heterocycles. The van der Waals surface area contributed by atoms with Crippen molar-refractivity contribution in [3.05, 3.63) is 11.6 Å². The van der Waals surface area contributed by atoms with Gasteiger partial charge in [-0.15, -0.1) is 10.2 Å². The van der Waals surface area contributed by atoms with Crippen LogP contribution in [0.2, 0.25) is 0 Å². The molecule has 0 saturated carbocycles. The second-order valence-electron chi connectivity index (χ2n) is 3.24. The van der Waals surface area contributed by atoms with Gasteiger partial charge in [0.25, 0.3) is 0 Å². The molecule has 1 atom stereocenters. The van der Waals surface area contributed by atoms with Crippen molar-refractivity contribution in [2.24, 2.45) is 5.73 Å². The van der Waals surface area contributed by atoms with Crippen molar-refractivity contribution in [3.8, 4) is 0 Å². The predicted octanol–water partition coefficient (Wildman–Crippen LogP) is 1.36. The average molecular weight is 214 g/mol. The van der Waals surface area contributed by atoms with Crippen LogP contribution in [0.1, 0.15) is 31.0 Å². The molecule has 0 amide bonds. The second kappa shape index (κ2) is 5.36. The number of nitrogens with zero attached hydrogens (tertiary/aromatic N) is 3. The summed E-state index contributed by atoms with van der Waals surface area (Å²) >= 11 is 1.81. The van der Waals surface area contributed by atoms with Crippen molar-refractivity contribution in [1.82, 2.24) is 14.8 Å². The van der Waals surface area contributed by atoms with Gasteiger partial charge in [-0.1, -0.05) is 0 Å². The highest BCUT2D eigenvalue weighted by Gasteiger charge is 2.14. The van der Waals surface area contributed by atoms with E-state index in [-0.39, 0.29) is 6.04 Å². The summed E-state index contributed by atoms with van der Waals surface area (Å²) in [6.07, 6.45) is 3.04. The summed E-state index contributed by atoms with van der Waals surface area (Å²) in [6, 6.07) is 0.0172. The van der Waals surface area contributed by atoms with E-state index in [1.165, 1.54) is 0 Å². The zero-order valence-corrected chi connectivity index (χ0v) is 9.84. The minimum atomic E-state index is 0.0172. The molecular formula is C9H18N4S. The molecule has 14 heavy (non-hydrogen) atoms. The summed E-state index contributed by atoms with van der Waals surface area (Å²) < 4.78 is 2.07. The van der Waals surface area contributed by atoms with Crippen molar-refractivity contribution < 1.29 is 0 Å². The van der Waals surface area contributed by atoms with Gasteiger partial charge in [-0.3, -0.25) is 0 Å². The molecule has 5 heteroatoms. The molecule has 1 aromatic rings. The van der Waals surface area contributed by atoms with Gasteiger partial charge in [0, 0.05) is 6.54 Å². The van der Waals surface area contributed by atoms with E-state index in [2.05, 4.69) is 27.9 Å². The molecule has 0 aliphatic heterocycles. The lowest BCUT2D eigenvalue weighted by Crippen LogP contribution is -2.17. The van der Waals surface area contributed by atoms with Crippen LogP contribution in [0, 0.1) is 6.92 Å². The Morgan fingerprint density at radius 1 is 1.50 bits per heavy atom. The number of aryl methyl sites for hydroxylation is 1. The van der Waals surface area contributed by atoms with Gasteiger partial charge in [0.05, 0.1) is 6.04 Å². The highest BCUT2D eigenvalue weighted by atomic mass is 32.2. The van der Waals surface area contributed by atoms with E-state index in [0.717, 1.165) is 30.4 Å². The smallest absolute Gasteiger partial charge is 0.149 e. The van der Waals surface area contributed by atoms with Crippen molar-refractivity contribution in [2.75, 3.05) is 12.0 Å². The van der Waals surface area contributed by atoms with Crippen LogP contribution in [-0.2, 0) is 6.54 Å². The number of nitrogens with two attached hydrogens (primary N) is 1. The Morgan fingerprint density at radius 3 is 2.79 bits per heavy atom. The Balaban J connectivity index is 2.73. The Kier molecular flexibility index (Phi) is 4.41. The van der Waals surface area contributed by atoms with Crippen LogP contribution < -0.4 is 5.73 Å². The molecule has 1 rings (SSSR count). The van der Waals surface area contributed by atoms with E-state index >= 15 is 0 Å². The Bertz CT molecular complexity index is 284. The van der Waals surface area contributed by atoms with Gasteiger partial charge >= 0.3 is 0 Å². The molecule has 0 aliphatic carbocycles. The average Bonchev–Trinajstić information content (AvgIpc) is 2.55. The van der Waals surface area contributed by atoms with Crippen LogP contribution in [0.15, 0.2) is 0 Å². The molecule has 80 valence electrons. The lowest BCUT2D eigenvalue weighted by atomic mass is 10.2. The first-order chi connectivity index (χ1) is 6.70. The van der Waals surface area contributed by atoms with Crippen LogP contribution in [0.3, 0.4) is 0 Å². The molecule has 0 unspecified atom stereocenters. The van der Waals surface area contributed by atoms with E-state index in [4.69, 9.17) is 5.73 Å². The molecular weight excluding hydrogens is 196 g/mol. The Labute approximate surface area is 89.3 Å². The summed E-state index contributed by atoms with van der Waals surface area (Å²) in [4.78, 5) is 0. The first-order valence-corrected chi connectivity index (χ1v) is 6.24. The first kappa shape index (κ1) is 11.5. The molecule has 1 aromatic heterocycles. The quantitative estimate of drug-likeness (QED) is 0.804. The molecule has 0 radical (unpaired) electrons. The lowest BCUT2D eigenvalue weighted by molar-refractivity contribution is 0.585. The van der Waals surface area contributed by atoms with E-state index in [0.29, 0.717) is 0 Å². The third-order valence-corrected chi connectivity index (χ3v) is 2.89. The summed E-state index contributed by atoms with van der Waals surface area (Å²) in [7, 11) is 0. The minimum Gasteiger partial charge on any atom is -0.321 e. The maximum atomic E-state index is 6.03. The predicted molar refractivity (Wildman–Crippen MR) is 60.4 cm³/mol. The third kappa shape index (κ3) is 2.48. The van der Waals surface area contributed by atoms with Crippen molar-refractivity contribution in [1.29, 1.82) is 0 Å². The van der Waals surface area contributed by atoms with Gasteiger partial charge < -0.3 is 10.3 Å². The largest absolute Gasteiger partial charge is 0.321 e. The van der Waals surface area contributed by atoms with Crippen LogP contribution >= 0.6 is 11.8 Å². The fourth-order valence-corrected chi connectivity index (χ4v) is 1.93. The zero-order valence-electron chi connectivity index (χ0n) is 9.03. The number of hydrogen-bond acceptors (Lipinski definition) is 4. The molecule has 0 spiro atoms. The Morgan fingerprint density at radius 2 is 2.21 bits per heavy atom. The molecule has 0 aliphatic rings. The second-order valence-corrected chi connectivity index (χ2v) is 4.22. The maximum absolute atomic E-state index is 6.03. The number of aromatic nitrogens is 3. The highest BCUT2D eigenvalue weighted by Crippen LogP contribution is 2.14. The van der Waals surface area contributed by atoms with Crippen molar-refractivity contribution >= 4 is 11.8 Å². The zero-order chi connectivity index (χ0) is 10.6. The van der Waals surface area contributed by atoms with Crippen LogP contribution in [-0.4, -0.2) is 26.8 Å². The van der Waals surface area contributed by atoms with Gasteiger partial charge in [-0.2, -0.15) is 11.8 Å². The summed E-state index contributed by atoms with van der Waals surface area (Å²) in [6.45, 7) is 4.93. The third-order valence-electron chi connectivity index (χ3n) is 2.25. The van der Waals surface area contributed by atoms with E-state index in [1.807, 2.05) is 18.7 Å². The van der Waals surface area contributed by atoms with E-state index in [1.54, 1.807) is 0 Å². The van der Waals surface area contributed by atoms with Crippen LogP contribution in [0.5, 0.6) is 0 Å². The maximum Gasteiger partial charge on any atom is 0.149 e. The number of rotatable bonds is 5. The monoisotopic (exact) mass is 214 g/mol. The molecule has 0 bridgehead atoms. The highest BCUT2D eigenvalue weighted by molar-refractivity contribution is 7.98. The fraction of sp³-hybridized carbons (Fsp3) is 0.778. The molecule has 0 saturated heterocycles. The fourth-order valence-electron chi connectivity index (χ4n) is 1.44. The first-order valence-electron chi connectivity index (χ1n) is 4.84. The summed E-state index contributed by atoms with van der Waals surface area (Å²) in [5, 5.41) is 8.16. The van der Waals surface area contributed by atoms with Crippen LogP contribution in [0.4, 0.5) is 0 Å². The van der Waals surface area contributed by atoms with Gasteiger partial charge in [0.2, 0.25) is 0 Å². The normalized spacial score (nSPS) is 13.1. The van der Waals surface area contributed by atoms with E-state index in [9.17, 15) is 0 Å². The number of thioether (sulfide) groups is 1. The van der Waals surface area contributed by atoms with Gasteiger partial charge in [-0.05, 0) is 32.3 Å². The standard InChI is InChI=1S/C9H18N4S/c1-4-13-7(2)11-12-9(13)8(10)5-6-14-3/h8H,4-6,10H2,1-3H3/t8-/m0/s1. The molecule has 2 N–H and O–H groups in total. The van der Waals surface area contributed by atoms with Gasteiger partial charge in [0.15, 0.2) is 0 Å². The van der Waals surface area contributed by atoms with E-state index < -0.39 is 0 Å². The molecule has 4 nitrogen and oxygen atoms in total. The SMILES string of the molecule is CCn1c(C)nnc1[C@@H](N)CCSC. The lowest BCUT2D eigenvalue weighted by Gasteiger charge is -2.11. The van der Waals surface area contributed by atoms with Gasteiger partial charge in [-0.25, -0.2) is 0 Å².